The van der Waals surface area contributed by atoms with Gasteiger partial charge in [-0.3, -0.25) is 0 Å². The Morgan fingerprint density at radius 3 is 1.62 bits per heavy atom. The Hall–Kier alpha value is -6.64. The molecule has 1 aliphatic rings. The molecule has 0 atom stereocenters. The van der Waals surface area contributed by atoms with Crippen LogP contribution in [-0.2, 0) is 11.8 Å². The molecule has 1 aliphatic carbocycles. The van der Waals surface area contributed by atoms with Gasteiger partial charge in [-0.1, -0.05) is 200 Å². The van der Waals surface area contributed by atoms with E-state index in [-0.39, 0.29) is 5.41 Å². The Kier molecular flexibility index (Phi) is 12.3. The molecule has 2 nitrogen and oxygen atoms in total. The van der Waals surface area contributed by atoms with Gasteiger partial charge >= 0.3 is 0 Å². The minimum Gasteiger partial charge on any atom is -0.310 e. The van der Waals surface area contributed by atoms with Crippen molar-refractivity contribution >= 4 is 38.9 Å². The van der Waals surface area contributed by atoms with Crippen LogP contribution in [0, 0.1) is 0 Å². The standard InChI is InChI=1S/C63H62N2/c1-4-5-6-7-8-9-10-11-12-14-21-46-28-30-47(31-29-46)48-32-37-52(38-33-48)64(54-41-42-56-55-24-17-19-26-59(55)63(2,3)60(56)45-54)53-39-34-49(35-40-53)50-36-43-62-58(44-50)57-25-18-20-27-61(57)65(62)51-22-15-13-16-23-51/h13,15-20,22-45H,4-12,14,21H2,1-3H3. The number of hydrogen-bond donors (Lipinski definition) is 0. The lowest BCUT2D eigenvalue weighted by atomic mass is 9.82. The van der Waals surface area contributed by atoms with Crippen LogP contribution < -0.4 is 4.90 Å². The molecule has 9 aromatic rings. The fraction of sp³-hybridized carbons (Fsp3) is 0.238. The van der Waals surface area contributed by atoms with Gasteiger partial charge in [0.1, 0.15) is 0 Å². The summed E-state index contributed by atoms with van der Waals surface area (Å²) in [7, 11) is 0. The van der Waals surface area contributed by atoms with Gasteiger partial charge in [-0.05, 0) is 130 Å². The Balaban J connectivity index is 0.919. The van der Waals surface area contributed by atoms with Gasteiger partial charge in [0.25, 0.3) is 0 Å². The maximum Gasteiger partial charge on any atom is 0.0541 e. The van der Waals surface area contributed by atoms with Crippen molar-refractivity contribution < 1.29 is 0 Å². The zero-order valence-corrected chi connectivity index (χ0v) is 38.6. The molecule has 0 unspecified atom stereocenters. The van der Waals surface area contributed by atoms with Crippen LogP contribution in [0.2, 0.25) is 0 Å². The van der Waals surface area contributed by atoms with Crippen molar-refractivity contribution in [3.8, 4) is 39.1 Å². The molecule has 10 rings (SSSR count). The van der Waals surface area contributed by atoms with E-state index in [1.54, 1.807) is 0 Å². The molecule has 0 saturated carbocycles. The van der Waals surface area contributed by atoms with Gasteiger partial charge in [-0.2, -0.15) is 0 Å². The maximum atomic E-state index is 2.43. The molecule has 8 aromatic carbocycles. The van der Waals surface area contributed by atoms with Gasteiger partial charge in [-0.25, -0.2) is 0 Å². The first-order valence-corrected chi connectivity index (χ1v) is 24.4. The third-order valence-corrected chi connectivity index (χ3v) is 14.2. The number of fused-ring (bicyclic) bond motifs is 6. The highest BCUT2D eigenvalue weighted by molar-refractivity contribution is 6.10. The van der Waals surface area contributed by atoms with Crippen molar-refractivity contribution in [2.75, 3.05) is 4.90 Å². The summed E-state index contributed by atoms with van der Waals surface area (Å²) in [4.78, 5) is 2.43. The first-order valence-electron chi connectivity index (χ1n) is 24.4. The Morgan fingerprint density at radius 1 is 0.400 bits per heavy atom. The topological polar surface area (TPSA) is 8.17 Å². The van der Waals surface area contributed by atoms with E-state index in [4.69, 9.17) is 0 Å². The van der Waals surface area contributed by atoms with E-state index in [0.717, 1.165) is 17.1 Å². The average molecular weight is 847 g/mol. The lowest BCUT2D eigenvalue weighted by Crippen LogP contribution is -2.16. The number of para-hydroxylation sites is 2. The van der Waals surface area contributed by atoms with Gasteiger partial charge in [0, 0.05) is 38.9 Å². The summed E-state index contributed by atoms with van der Waals surface area (Å²) in [6.45, 7) is 7.03. The third kappa shape index (κ3) is 8.55. The van der Waals surface area contributed by atoms with Gasteiger partial charge in [0.2, 0.25) is 0 Å². The predicted octanol–water partition coefficient (Wildman–Crippen LogP) is 18.4. The van der Waals surface area contributed by atoms with Gasteiger partial charge in [0.05, 0.1) is 11.0 Å². The number of unbranched alkanes of at least 4 members (excludes halogenated alkanes) is 9. The molecule has 2 heteroatoms. The van der Waals surface area contributed by atoms with Crippen molar-refractivity contribution in [3.63, 3.8) is 0 Å². The monoisotopic (exact) mass is 846 g/mol. The molecule has 0 spiro atoms. The van der Waals surface area contributed by atoms with Crippen LogP contribution in [0.25, 0.3) is 60.9 Å². The molecule has 0 saturated heterocycles. The van der Waals surface area contributed by atoms with Crippen molar-refractivity contribution in [1.82, 2.24) is 4.57 Å². The lowest BCUT2D eigenvalue weighted by Gasteiger charge is -2.28. The summed E-state index contributed by atoms with van der Waals surface area (Å²) in [5.41, 5.74) is 18.8. The Bertz CT molecular complexity index is 3020. The highest BCUT2D eigenvalue weighted by atomic mass is 15.1. The highest BCUT2D eigenvalue weighted by Gasteiger charge is 2.35. The van der Waals surface area contributed by atoms with Crippen molar-refractivity contribution in [2.24, 2.45) is 0 Å². The van der Waals surface area contributed by atoms with E-state index in [1.165, 1.54) is 148 Å². The largest absolute Gasteiger partial charge is 0.310 e. The van der Waals surface area contributed by atoms with Crippen LogP contribution in [0.3, 0.4) is 0 Å². The first kappa shape index (κ1) is 42.3. The third-order valence-electron chi connectivity index (χ3n) is 14.2. The first-order chi connectivity index (χ1) is 32.0. The number of nitrogens with zero attached hydrogens (tertiary/aromatic N) is 2. The normalized spacial score (nSPS) is 12.7. The van der Waals surface area contributed by atoms with E-state index in [0.29, 0.717) is 0 Å². The van der Waals surface area contributed by atoms with Crippen LogP contribution in [0.4, 0.5) is 17.1 Å². The molecular weight excluding hydrogens is 785 g/mol. The number of aromatic nitrogens is 1. The second-order valence-electron chi connectivity index (χ2n) is 18.9. The van der Waals surface area contributed by atoms with E-state index in [9.17, 15) is 0 Å². The van der Waals surface area contributed by atoms with Crippen LogP contribution in [-0.4, -0.2) is 4.57 Å². The molecule has 324 valence electrons. The Labute approximate surface area is 387 Å². The second kappa shape index (κ2) is 18.8. The molecular formula is C63H62N2. The fourth-order valence-corrected chi connectivity index (χ4v) is 10.6. The summed E-state index contributed by atoms with van der Waals surface area (Å²) in [6, 6.07) is 70.0. The molecule has 1 aromatic heterocycles. The second-order valence-corrected chi connectivity index (χ2v) is 18.9. The summed E-state index contributed by atoms with van der Waals surface area (Å²) >= 11 is 0. The van der Waals surface area contributed by atoms with Crippen LogP contribution in [0.5, 0.6) is 0 Å². The molecule has 1 heterocycles. The molecule has 65 heavy (non-hydrogen) atoms. The summed E-state index contributed by atoms with van der Waals surface area (Å²) < 4.78 is 2.38. The zero-order chi connectivity index (χ0) is 44.2. The lowest BCUT2D eigenvalue weighted by molar-refractivity contribution is 0.556. The Morgan fingerprint density at radius 2 is 0.923 bits per heavy atom. The van der Waals surface area contributed by atoms with E-state index in [2.05, 4.69) is 218 Å². The highest BCUT2D eigenvalue weighted by Crippen LogP contribution is 2.51. The molecule has 0 fully saturated rings. The molecule has 0 radical (unpaired) electrons. The molecule has 0 aliphatic heterocycles. The summed E-state index contributed by atoms with van der Waals surface area (Å²) in [6.07, 6.45) is 14.9. The average Bonchev–Trinajstić information content (AvgIpc) is 3.80. The molecule has 0 N–H and O–H groups in total. The van der Waals surface area contributed by atoms with Gasteiger partial charge < -0.3 is 9.47 Å². The number of aryl methyl sites for hydroxylation is 1. The van der Waals surface area contributed by atoms with E-state index in [1.807, 2.05) is 0 Å². The SMILES string of the molecule is CCCCCCCCCCCCc1ccc(-c2ccc(N(c3ccc(-c4ccc5c(c4)c4ccccc4n5-c4ccccc4)cc3)c3ccc4c(c3)C(C)(C)c3ccccc3-4)cc2)cc1. The van der Waals surface area contributed by atoms with Gasteiger partial charge in [0.15, 0.2) is 0 Å². The predicted molar refractivity (Wildman–Crippen MR) is 279 cm³/mol. The number of rotatable bonds is 17. The quantitative estimate of drug-likeness (QED) is 0.0829. The van der Waals surface area contributed by atoms with E-state index < -0.39 is 0 Å². The maximum absolute atomic E-state index is 2.43. The minimum atomic E-state index is -0.0939. The van der Waals surface area contributed by atoms with Crippen molar-refractivity contribution in [2.45, 2.75) is 96.8 Å². The number of anilines is 3. The molecule has 0 amide bonds. The van der Waals surface area contributed by atoms with Crippen molar-refractivity contribution in [3.05, 3.63) is 205 Å². The van der Waals surface area contributed by atoms with Crippen molar-refractivity contribution in [1.29, 1.82) is 0 Å². The minimum absolute atomic E-state index is 0.0939. The summed E-state index contributed by atoms with van der Waals surface area (Å²) in [5.74, 6) is 0. The van der Waals surface area contributed by atoms with E-state index >= 15 is 0 Å². The molecule has 0 bridgehead atoms. The fourth-order valence-electron chi connectivity index (χ4n) is 10.6. The van der Waals surface area contributed by atoms with Gasteiger partial charge in [-0.15, -0.1) is 0 Å². The number of benzene rings is 8. The summed E-state index contributed by atoms with van der Waals surface area (Å²) in [5, 5.41) is 2.53. The van der Waals surface area contributed by atoms with Crippen LogP contribution in [0.15, 0.2) is 188 Å². The number of hydrogen-bond acceptors (Lipinski definition) is 1. The van der Waals surface area contributed by atoms with Crippen LogP contribution in [0.1, 0.15) is 102 Å². The smallest absolute Gasteiger partial charge is 0.0541 e. The zero-order valence-electron chi connectivity index (χ0n) is 38.6. The van der Waals surface area contributed by atoms with Crippen LogP contribution >= 0.6 is 0 Å².